The van der Waals surface area contributed by atoms with E-state index in [4.69, 9.17) is 5.11 Å². The Morgan fingerprint density at radius 3 is 2.15 bits per heavy atom. The van der Waals surface area contributed by atoms with Crippen molar-refractivity contribution in [3.63, 3.8) is 0 Å². The minimum absolute atomic E-state index is 0.222. The second-order valence-electron chi connectivity index (χ2n) is 3.39. The highest BCUT2D eigenvalue weighted by Crippen LogP contribution is 2.21. The summed E-state index contributed by atoms with van der Waals surface area (Å²) >= 11 is 0. The van der Waals surface area contributed by atoms with Gasteiger partial charge >= 0.3 is 0 Å². The third kappa shape index (κ3) is 2.46. The zero-order chi connectivity index (χ0) is 9.84. The van der Waals surface area contributed by atoms with Gasteiger partial charge in [-0.3, -0.25) is 0 Å². The van der Waals surface area contributed by atoms with Crippen molar-refractivity contribution in [2.75, 3.05) is 6.61 Å². The van der Waals surface area contributed by atoms with Crippen LogP contribution in [-0.2, 0) is 6.42 Å². The number of phenols is 1. The van der Waals surface area contributed by atoms with Gasteiger partial charge in [0.15, 0.2) is 0 Å². The Morgan fingerprint density at radius 2 is 1.69 bits per heavy atom. The molecule has 0 unspecified atom stereocenters. The Hall–Kier alpha value is -1.02. The van der Waals surface area contributed by atoms with E-state index in [0.29, 0.717) is 5.75 Å². The number of rotatable bonds is 3. The molecule has 1 aromatic rings. The van der Waals surface area contributed by atoms with Crippen LogP contribution in [0.25, 0.3) is 0 Å². The zero-order valence-corrected chi connectivity index (χ0v) is 8.17. The average Bonchev–Trinajstić information content (AvgIpc) is 2.02. The molecule has 2 nitrogen and oxygen atoms in total. The van der Waals surface area contributed by atoms with E-state index in [9.17, 15) is 5.11 Å². The van der Waals surface area contributed by atoms with Crippen LogP contribution < -0.4 is 0 Å². The number of aryl methyl sites for hydroxylation is 2. The highest BCUT2D eigenvalue weighted by atomic mass is 16.3. The van der Waals surface area contributed by atoms with E-state index in [1.807, 2.05) is 13.8 Å². The first-order valence-electron chi connectivity index (χ1n) is 4.55. The van der Waals surface area contributed by atoms with Crippen molar-refractivity contribution in [3.05, 3.63) is 28.8 Å². The van der Waals surface area contributed by atoms with Crippen LogP contribution in [0.1, 0.15) is 23.1 Å². The molecule has 1 rings (SSSR count). The van der Waals surface area contributed by atoms with E-state index < -0.39 is 0 Å². The highest BCUT2D eigenvalue weighted by Gasteiger charge is 2.03. The minimum atomic E-state index is 0.222. The molecular weight excluding hydrogens is 164 g/mol. The number of aromatic hydroxyl groups is 1. The van der Waals surface area contributed by atoms with Gasteiger partial charge in [0.2, 0.25) is 0 Å². The second-order valence-corrected chi connectivity index (χ2v) is 3.39. The van der Waals surface area contributed by atoms with Crippen LogP contribution >= 0.6 is 0 Å². The van der Waals surface area contributed by atoms with Crippen molar-refractivity contribution in [2.45, 2.75) is 26.7 Å². The Morgan fingerprint density at radius 1 is 1.15 bits per heavy atom. The molecule has 72 valence electrons. The molecule has 0 heterocycles. The summed E-state index contributed by atoms with van der Waals surface area (Å²) in [5, 5.41) is 18.0. The van der Waals surface area contributed by atoms with Gasteiger partial charge in [0, 0.05) is 6.61 Å². The van der Waals surface area contributed by atoms with E-state index in [2.05, 4.69) is 0 Å². The van der Waals surface area contributed by atoms with E-state index >= 15 is 0 Å². The number of aliphatic hydroxyl groups excluding tert-OH is 1. The number of phenolic OH excluding ortho intramolecular Hbond substituents is 1. The largest absolute Gasteiger partial charge is 0.508 e. The fourth-order valence-corrected chi connectivity index (χ4v) is 1.62. The van der Waals surface area contributed by atoms with Gasteiger partial charge in [-0.05, 0) is 55.5 Å². The van der Waals surface area contributed by atoms with Crippen molar-refractivity contribution in [1.82, 2.24) is 0 Å². The molecule has 0 radical (unpaired) electrons. The number of hydrogen-bond donors (Lipinski definition) is 2. The van der Waals surface area contributed by atoms with Gasteiger partial charge in [-0.25, -0.2) is 0 Å². The third-order valence-electron chi connectivity index (χ3n) is 2.27. The molecule has 0 aromatic heterocycles. The van der Waals surface area contributed by atoms with Crippen molar-refractivity contribution >= 4 is 0 Å². The summed E-state index contributed by atoms with van der Waals surface area (Å²) in [7, 11) is 0. The molecule has 0 aliphatic heterocycles. The number of aliphatic hydroxyl groups is 1. The molecule has 13 heavy (non-hydrogen) atoms. The lowest BCUT2D eigenvalue weighted by Crippen LogP contribution is -1.96. The first kappa shape index (κ1) is 10.1. The Labute approximate surface area is 78.8 Å². The van der Waals surface area contributed by atoms with Crippen molar-refractivity contribution in [2.24, 2.45) is 0 Å². The van der Waals surface area contributed by atoms with Crippen molar-refractivity contribution < 1.29 is 10.2 Å². The maximum atomic E-state index is 9.29. The molecule has 0 fully saturated rings. The molecule has 0 aliphatic carbocycles. The maximum Gasteiger partial charge on any atom is 0.116 e. The van der Waals surface area contributed by atoms with Gasteiger partial charge in [-0.15, -0.1) is 0 Å². The van der Waals surface area contributed by atoms with Crippen LogP contribution in [0, 0.1) is 13.8 Å². The van der Waals surface area contributed by atoms with Crippen LogP contribution in [-0.4, -0.2) is 16.8 Å². The fraction of sp³-hybridized carbons (Fsp3) is 0.455. The molecule has 0 spiro atoms. The Kier molecular flexibility index (Phi) is 3.32. The molecule has 2 heteroatoms. The smallest absolute Gasteiger partial charge is 0.116 e. The van der Waals surface area contributed by atoms with Gasteiger partial charge in [-0.2, -0.15) is 0 Å². The second kappa shape index (κ2) is 4.28. The number of benzene rings is 1. The summed E-state index contributed by atoms with van der Waals surface area (Å²) in [4.78, 5) is 0. The van der Waals surface area contributed by atoms with Gasteiger partial charge in [0.05, 0.1) is 0 Å². The highest BCUT2D eigenvalue weighted by molar-refractivity contribution is 5.40. The van der Waals surface area contributed by atoms with Crippen LogP contribution in [0.4, 0.5) is 0 Å². The van der Waals surface area contributed by atoms with Gasteiger partial charge in [0.25, 0.3) is 0 Å². The minimum Gasteiger partial charge on any atom is -0.508 e. The molecule has 0 saturated heterocycles. The molecule has 0 amide bonds. The monoisotopic (exact) mass is 180 g/mol. The van der Waals surface area contributed by atoms with Gasteiger partial charge in [-0.1, -0.05) is 0 Å². The van der Waals surface area contributed by atoms with E-state index in [1.54, 1.807) is 12.1 Å². The lowest BCUT2D eigenvalue weighted by molar-refractivity contribution is 0.288. The van der Waals surface area contributed by atoms with Gasteiger partial charge < -0.3 is 10.2 Å². The predicted octanol–water partition coefficient (Wildman–Crippen LogP) is 1.93. The Bertz CT molecular complexity index is 269. The lowest BCUT2D eigenvalue weighted by Gasteiger charge is -2.09. The molecule has 0 bridgehead atoms. The Balaban J connectivity index is 2.92. The number of hydrogen-bond acceptors (Lipinski definition) is 2. The topological polar surface area (TPSA) is 40.5 Å². The van der Waals surface area contributed by atoms with Crippen LogP contribution in [0.15, 0.2) is 12.1 Å². The summed E-state index contributed by atoms with van der Waals surface area (Å²) in [5.41, 5.74) is 3.45. The quantitative estimate of drug-likeness (QED) is 0.746. The lowest BCUT2D eigenvalue weighted by atomic mass is 9.98. The van der Waals surface area contributed by atoms with Crippen LogP contribution in [0.2, 0.25) is 0 Å². The summed E-state index contributed by atoms with van der Waals surface area (Å²) in [6.07, 6.45) is 1.67. The summed E-state index contributed by atoms with van der Waals surface area (Å²) < 4.78 is 0. The third-order valence-corrected chi connectivity index (χ3v) is 2.27. The standard InChI is InChI=1S/C11H16O2/c1-8-6-10(13)7-9(2)11(8)4-3-5-12/h6-7,12-13H,3-5H2,1-2H3. The predicted molar refractivity (Wildman–Crippen MR) is 53.0 cm³/mol. The molecule has 0 aliphatic rings. The van der Waals surface area contributed by atoms with Crippen molar-refractivity contribution in [1.29, 1.82) is 0 Å². The van der Waals surface area contributed by atoms with E-state index in [-0.39, 0.29) is 6.61 Å². The SMILES string of the molecule is Cc1cc(O)cc(C)c1CCCO. The zero-order valence-electron chi connectivity index (χ0n) is 8.17. The molecule has 2 N–H and O–H groups in total. The first-order chi connectivity index (χ1) is 6.15. The first-order valence-corrected chi connectivity index (χ1v) is 4.55. The molecular formula is C11H16O2. The summed E-state index contributed by atoms with van der Waals surface area (Å²) in [5.74, 6) is 0.322. The van der Waals surface area contributed by atoms with Gasteiger partial charge in [0.1, 0.15) is 5.75 Å². The fourth-order valence-electron chi connectivity index (χ4n) is 1.62. The summed E-state index contributed by atoms with van der Waals surface area (Å²) in [6, 6.07) is 3.53. The maximum absolute atomic E-state index is 9.29. The molecule has 0 atom stereocenters. The van der Waals surface area contributed by atoms with Crippen molar-refractivity contribution in [3.8, 4) is 5.75 Å². The summed E-state index contributed by atoms with van der Waals surface area (Å²) in [6.45, 7) is 4.19. The molecule has 1 aromatic carbocycles. The average molecular weight is 180 g/mol. The normalized spacial score (nSPS) is 10.4. The van der Waals surface area contributed by atoms with E-state index in [0.717, 1.165) is 24.0 Å². The molecule has 0 saturated carbocycles. The van der Waals surface area contributed by atoms with E-state index in [1.165, 1.54) is 5.56 Å². The van der Waals surface area contributed by atoms with Crippen LogP contribution in [0.5, 0.6) is 5.75 Å². The van der Waals surface area contributed by atoms with Crippen LogP contribution in [0.3, 0.4) is 0 Å².